The first-order valence-electron chi connectivity index (χ1n) is 8.20. The van der Waals surface area contributed by atoms with E-state index in [4.69, 9.17) is 20.8 Å². The highest BCUT2D eigenvalue weighted by Crippen LogP contribution is 2.20. The molecule has 0 bridgehead atoms. The third kappa shape index (κ3) is 5.12. The molecular formula is C20H17ClN2O4. The Morgan fingerprint density at radius 3 is 2.44 bits per heavy atom. The Labute approximate surface area is 161 Å². The van der Waals surface area contributed by atoms with Gasteiger partial charge in [-0.1, -0.05) is 35.9 Å². The summed E-state index contributed by atoms with van der Waals surface area (Å²) in [7, 11) is 0. The van der Waals surface area contributed by atoms with E-state index >= 15 is 0 Å². The van der Waals surface area contributed by atoms with Crippen molar-refractivity contribution < 1.29 is 18.7 Å². The minimum absolute atomic E-state index is 0.328. The van der Waals surface area contributed by atoms with Gasteiger partial charge in [0.15, 0.2) is 6.61 Å². The summed E-state index contributed by atoms with van der Waals surface area (Å²) >= 11 is 5.99. The molecule has 138 valence electrons. The van der Waals surface area contributed by atoms with Crippen molar-refractivity contribution in [2.24, 2.45) is 0 Å². The van der Waals surface area contributed by atoms with Gasteiger partial charge in [-0.15, -0.1) is 0 Å². The van der Waals surface area contributed by atoms with Crippen LogP contribution in [0.5, 0.6) is 0 Å². The number of halogens is 1. The Kier molecular flexibility index (Phi) is 6.12. The quantitative estimate of drug-likeness (QED) is 0.592. The van der Waals surface area contributed by atoms with Gasteiger partial charge in [0.05, 0.1) is 29.1 Å². The molecule has 0 unspecified atom stereocenters. The molecule has 0 aliphatic carbocycles. The van der Waals surface area contributed by atoms with Gasteiger partial charge in [-0.05, 0) is 36.4 Å². The van der Waals surface area contributed by atoms with Crippen molar-refractivity contribution in [3.05, 3.63) is 83.3 Å². The van der Waals surface area contributed by atoms with Crippen LogP contribution in [-0.2, 0) is 16.1 Å². The Morgan fingerprint density at radius 2 is 1.70 bits per heavy atom. The molecule has 0 fully saturated rings. The normalized spacial score (nSPS) is 10.3. The van der Waals surface area contributed by atoms with Crippen LogP contribution in [0.15, 0.2) is 71.3 Å². The number of anilines is 2. The molecule has 27 heavy (non-hydrogen) atoms. The van der Waals surface area contributed by atoms with Gasteiger partial charge in [-0.2, -0.15) is 0 Å². The third-order valence-corrected chi connectivity index (χ3v) is 3.99. The number of amides is 1. The molecule has 7 heteroatoms. The number of carbonyl (C=O) groups excluding carboxylic acids is 2. The zero-order valence-corrected chi connectivity index (χ0v) is 15.0. The smallest absolute Gasteiger partial charge is 0.340 e. The lowest BCUT2D eigenvalue weighted by atomic mass is 10.2. The zero-order chi connectivity index (χ0) is 19.1. The molecule has 0 saturated heterocycles. The van der Waals surface area contributed by atoms with Gasteiger partial charge in [0.25, 0.3) is 5.91 Å². The second kappa shape index (κ2) is 8.91. The molecule has 1 aromatic heterocycles. The number of benzene rings is 2. The van der Waals surface area contributed by atoms with Crippen LogP contribution in [0.1, 0.15) is 16.1 Å². The fraction of sp³-hybridized carbons (Fsp3) is 0.100. The van der Waals surface area contributed by atoms with Crippen molar-refractivity contribution >= 4 is 34.9 Å². The molecule has 2 aromatic carbocycles. The monoisotopic (exact) mass is 384 g/mol. The number of hydrogen-bond acceptors (Lipinski definition) is 5. The fourth-order valence-electron chi connectivity index (χ4n) is 2.37. The Hall–Kier alpha value is -3.25. The van der Waals surface area contributed by atoms with Gasteiger partial charge in [0.1, 0.15) is 5.76 Å². The second-order valence-electron chi connectivity index (χ2n) is 5.58. The summed E-state index contributed by atoms with van der Waals surface area (Å²) < 4.78 is 10.4. The van der Waals surface area contributed by atoms with E-state index in [-0.39, 0.29) is 0 Å². The second-order valence-corrected chi connectivity index (χ2v) is 5.99. The lowest BCUT2D eigenvalue weighted by Gasteiger charge is -2.11. The van der Waals surface area contributed by atoms with Crippen LogP contribution >= 0.6 is 11.6 Å². The fourth-order valence-corrected chi connectivity index (χ4v) is 2.55. The average Bonchev–Trinajstić information content (AvgIpc) is 3.20. The SMILES string of the molecule is O=C(COC(=O)c1ccccc1NCc1ccco1)Nc1ccccc1Cl. The molecule has 0 saturated carbocycles. The number of nitrogens with one attached hydrogen (secondary N) is 2. The van der Waals surface area contributed by atoms with Crippen LogP contribution in [0.4, 0.5) is 11.4 Å². The van der Waals surface area contributed by atoms with Gasteiger partial charge >= 0.3 is 5.97 Å². The summed E-state index contributed by atoms with van der Waals surface area (Å²) in [6, 6.07) is 17.3. The van der Waals surface area contributed by atoms with Gasteiger partial charge < -0.3 is 19.8 Å². The molecule has 0 atom stereocenters. The number of esters is 1. The van der Waals surface area contributed by atoms with E-state index < -0.39 is 18.5 Å². The molecule has 1 heterocycles. The summed E-state index contributed by atoms with van der Waals surface area (Å²) in [5, 5.41) is 6.13. The van der Waals surface area contributed by atoms with Crippen molar-refractivity contribution in [1.82, 2.24) is 0 Å². The maximum Gasteiger partial charge on any atom is 0.340 e. The van der Waals surface area contributed by atoms with Gasteiger partial charge in [-0.25, -0.2) is 4.79 Å². The standard InChI is InChI=1S/C20H17ClN2O4/c21-16-8-2-4-10-18(16)23-19(24)13-27-20(25)15-7-1-3-9-17(15)22-12-14-6-5-11-26-14/h1-11,22H,12-13H2,(H,23,24). The maximum atomic E-state index is 12.4. The highest BCUT2D eigenvalue weighted by Gasteiger charge is 2.15. The Bertz CT molecular complexity index is 925. The number of furan rings is 1. The van der Waals surface area contributed by atoms with E-state index in [1.54, 1.807) is 60.9 Å². The summed E-state index contributed by atoms with van der Waals surface area (Å²) in [6.45, 7) is 0.000854. The molecule has 0 radical (unpaired) electrons. The molecule has 3 aromatic rings. The lowest BCUT2D eigenvalue weighted by Crippen LogP contribution is -2.21. The van der Waals surface area contributed by atoms with Crippen LogP contribution in [0.25, 0.3) is 0 Å². The minimum atomic E-state index is -0.605. The van der Waals surface area contributed by atoms with E-state index in [0.717, 1.165) is 5.76 Å². The summed E-state index contributed by atoms with van der Waals surface area (Å²) in [5.41, 5.74) is 1.38. The van der Waals surface area contributed by atoms with Crippen molar-refractivity contribution in [1.29, 1.82) is 0 Å². The van der Waals surface area contributed by atoms with E-state index in [0.29, 0.717) is 28.5 Å². The maximum absolute atomic E-state index is 12.4. The first-order chi connectivity index (χ1) is 13.1. The van der Waals surface area contributed by atoms with Crippen LogP contribution in [-0.4, -0.2) is 18.5 Å². The van der Waals surface area contributed by atoms with E-state index in [9.17, 15) is 9.59 Å². The summed E-state index contributed by atoms with van der Waals surface area (Å²) in [5.74, 6) is -0.346. The Morgan fingerprint density at radius 1 is 0.963 bits per heavy atom. The minimum Gasteiger partial charge on any atom is -0.467 e. The predicted molar refractivity (Wildman–Crippen MR) is 103 cm³/mol. The Balaban J connectivity index is 1.57. The molecule has 1 amide bonds. The van der Waals surface area contributed by atoms with E-state index in [2.05, 4.69) is 10.6 Å². The molecule has 3 rings (SSSR count). The molecule has 0 aliphatic heterocycles. The zero-order valence-electron chi connectivity index (χ0n) is 14.3. The molecule has 0 spiro atoms. The number of ether oxygens (including phenoxy) is 1. The number of carbonyl (C=O) groups is 2. The average molecular weight is 385 g/mol. The van der Waals surface area contributed by atoms with Gasteiger partial charge in [0.2, 0.25) is 0 Å². The highest BCUT2D eigenvalue weighted by atomic mass is 35.5. The number of para-hydroxylation sites is 2. The number of hydrogen-bond donors (Lipinski definition) is 2. The topological polar surface area (TPSA) is 80.6 Å². The van der Waals surface area contributed by atoms with Crippen LogP contribution in [0, 0.1) is 0 Å². The molecule has 2 N–H and O–H groups in total. The van der Waals surface area contributed by atoms with E-state index in [1.807, 2.05) is 6.07 Å². The van der Waals surface area contributed by atoms with Crippen LogP contribution in [0.3, 0.4) is 0 Å². The molecular weight excluding hydrogens is 368 g/mol. The predicted octanol–water partition coefficient (Wildman–Crippen LogP) is 4.34. The van der Waals surface area contributed by atoms with Crippen LogP contribution < -0.4 is 10.6 Å². The van der Waals surface area contributed by atoms with Gasteiger partial charge in [-0.3, -0.25) is 4.79 Å². The van der Waals surface area contributed by atoms with Crippen molar-refractivity contribution in [3.63, 3.8) is 0 Å². The highest BCUT2D eigenvalue weighted by molar-refractivity contribution is 6.33. The van der Waals surface area contributed by atoms with Crippen molar-refractivity contribution in [3.8, 4) is 0 Å². The van der Waals surface area contributed by atoms with Gasteiger partial charge in [0, 0.05) is 5.69 Å². The first-order valence-corrected chi connectivity index (χ1v) is 8.58. The largest absolute Gasteiger partial charge is 0.467 e. The van der Waals surface area contributed by atoms with E-state index in [1.165, 1.54) is 0 Å². The summed E-state index contributed by atoms with van der Waals surface area (Å²) in [4.78, 5) is 24.4. The third-order valence-electron chi connectivity index (χ3n) is 3.66. The molecule has 6 nitrogen and oxygen atoms in total. The van der Waals surface area contributed by atoms with Crippen molar-refractivity contribution in [2.75, 3.05) is 17.2 Å². The van der Waals surface area contributed by atoms with Crippen LogP contribution in [0.2, 0.25) is 5.02 Å². The summed E-state index contributed by atoms with van der Waals surface area (Å²) in [6.07, 6.45) is 1.58. The first kappa shape index (κ1) is 18.5. The van der Waals surface area contributed by atoms with Crippen molar-refractivity contribution in [2.45, 2.75) is 6.54 Å². The number of rotatable bonds is 7. The lowest BCUT2D eigenvalue weighted by molar-refractivity contribution is -0.119. The molecule has 0 aliphatic rings.